The van der Waals surface area contributed by atoms with E-state index >= 15 is 0 Å². The van der Waals surface area contributed by atoms with E-state index in [0.717, 1.165) is 0 Å². The van der Waals surface area contributed by atoms with Crippen molar-refractivity contribution in [2.24, 2.45) is 0 Å². The van der Waals surface area contributed by atoms with Gasteiger partial charge in [0.1, 0.15) is 0 Å². The van der Waals surface area contributed by atoms with Crippen molar-refractivity contribution < 1.29 is 9.90 Å². The normalized spacial score (nSPS) is 9.50. The molecule has 0 aliphatic carbocycles. The quantitative estimate of drug-likeness (QED) is 0.754. The summed E-state index contributed by atoms with van der Waals surface area (Å²) in [5, 5.41) is 19.9. The molecule has 0 aliphatic heterocycles. The minimum atomic E-state index is -0.131. The zero-order chi connectivity index (χ0) is 11.8. The van der Waals surface area contributed by atoms with E-state index in [1.54, 1.807) is 24.3 Å². The van der Waals surface area contributed by atoms with Gasteiger partial charge in [-0.25, -0.2) is 0 Å². The first-order valence-electron chi connectivity index (χ1n) is 4.75. The minimum absolute atomic E-state index is 0.0713. The van der Waals surface area contributed by atoms with E-state index in [1.165, 1.54) is 11.8 Å². The molecule has 2 N–H and O–H groups in total. The van der Waals surface area contributed by atoms with Crippen molar-refractivity contribution in [3.05, 3.63) is 29.8 Å². The summed E-state index contributed by atoms with van der Waals surface area (Å²) >= 11 is 1.36. The SMILES string of the molecule is N#Cc1cccc(NC(=O)CSCCO)c1. The Morgan fingerprint density at radius 1 is 1.56 bits per heavy atom. The van der Waals surface area contributed by atoms with E-state index in [2.05, 4.69) is 5.32 Å². The van der Waals surface area contributed by atoms with Crippen LogP contribution >= 0.6 is 11.8 Å². The van der Waals surface area contributed by atoms with Crippen LogP contribution in [0.3, 0.4) is 0 Å². The number of thioether (sulfide) groups is 1. The van der Waals surface area contributed by atoms with Gasteiger partial charge in [0.05, 0.1) is 24.0 Å². The molecule has 0 saturated heterocycles. The highest BCUT2D eigenvalue weighted by molar-refractivity contribution is 7.99. The lowest BCUT2D eigenvalue weighted by molar-refractivity contribution is -0.113. The monoisotopic (exact) mass is 236 g/mol. The van der Waals surface area contributed by atoms with Gasteiger partial charge in [-0.05, 0) is 18.2 Å². The number of anilines is 1. The van der Waals surface area contributed by atoms with Gasteiger partial charge in [0.25, 0.3) is 0 Å². The van der Waals surface area contributed by atoms with Crippen LogP contribution in [0.2, 0.25) is 0 Å². The van der Waals surface area contributed by atoms with Crippen molar-refractivity contribution in [1.29, 1.82) is 5.26 Å². The fourth-order valence-corrected chi connectivity index (χ4v) is 1.62. The molecule has 0 radical (unpaired) electrons. The number of rotatable bonds is 5. The highest BCUT2D eigenvalue weighted by Crippen LogP contribution is 2.10. The van der Waals surface area contributed by atoms with Crippen molar-refractivity contribution in [2.75, 3.05) is 23.4 Å². The average molecular weight is 236 g/mol. The summed E-state index contributed by atoms with van der Waals surface area (Å²) in [6.45, 7) is 0.0713. The molecule has 0 fully saturated rings. The number of amides is 1. The zero-order valence-electron chi connectivity index (χ0n) is 8.64. The number of hydrogen-bond acceptors (Lipinski definition) is 4. The van der Waals surface area contributed by atoms with Gasteiger partial charge in [0, 0.05) is 11.4 Å². The van der Waals surface area contributed by atoms with Gasteiger partial charge < -0.3 is 10.4 Å². The number of nitriles is 1. The molecule has 4 nitrogen and oxygen atoms in total. The van der Waals surface area contributed by atoms with E-state index in [9.17, 15) is 4.79 Å². The summed E-state index contributed by atoms with van der Waals surface area (Å²) in [6, 6.07) is 8.75. The second-order valence-corrected chi connectivity index (χ2v) is 4.12. The lowest BCUT2D eigenvalue weighted by atomic mass is 10.2. The maximum absolute atomic E-state index is 11.4. The lowest BCUT2D eigenvalue weighted by Gasteiger charge is -2.04. The molecule has 0 aromatic heterocycles. The van der Waals surface area contributed by atoms with Gasteiger partial charge in [-0.1, -0.05) is 6.07 Å². The number of aliphatic hydroxyl groups excluding tert-OH is 1. The number of hydrogen-bond donors (Lipinski definition) is 2. The van der Waals surface area contributed by atoms with Crippen LogP contribution in [-0.4, -0.2) is 29.1 Å². The molecule has 0 heterocycles. The Balaban J connectivity index is 2.47. The molecular formula is C11H12N2O2S. The average Bonchev–Trinajstić information content (AvgIpc) is 2.29. The third kappa shape index (κ3) is 4.34. The molecule has 0 spiro atoms. The standard InChI is InChI=1S/C11H12N2O2S/c12-7-9-2-1-3-10(6-9)13-11(15)8-16-5-4-14/h1-3,6,14H,4-5,8H2,(H,13,15). The largest absolute Gasteiger partial charge is 0.396 e. The van der Waals surface area contributed by atoms with Gasteiger partial charge in [-0.15, -0.1) is 11.8 Å². The number of aliphatic hydroxyl groups is 1. The molecule has 0 saturated carbocycles. The molecule has 16 heavy (non-hydrogen) atoms. The molecule has 0 bridgehead atoms. The predicted octanol–water partition coefficient (Wildman–Crippen LogP) is 1.22. The Kier molecular flexibility index (Phi) is 5.40. The Morgan fingerprint density at radius 2 is 2.38 bits per heavy atom. The van der Waals surface area contributed by atoms with Crippen LogP contribution in [0.5, 0.6) is 0 Å². The maximum atomic E-state index is 11.4. The Labute approximate surface area is 98.3 Å². The molecule has 0 unspecified atom stereocenters. The van der Waals surface area contributed by atoms with Gasteiger partial charge >= 0.3 is 0 Å². The molecular weight excluding hydrogens is 224 g/mol. The number of benzene rings is 1. The second kappa shape index (κ2) is 6.88. The molecule has 1 amide bonds. The van der Waals surface area contributed by atoms with Crippen molar-refractivity contribution in [1.82, 2.24) is 0 Å². The molecule has 1 aromatic rings. The Bertz CT molecular complexity index is 401. The number of nitrogens with one attached hydrogen (secondary N) is 1. The topological polar surface area (TPSA) is 73.1 Å². The molecule has 84 valence electrons. The third-order valence-corrected chi connectivity index (χ3v) is 2.68. The van der Waals surface area contributed by atoms with Gasteiger partial charge in [0.15, 0.2) is 0 Å². The van der Waals surface area contributed by atoms with Crippen molar-refractivity contribution in [3.8, 4) is 6.07 Å². The first kappa shape index (κ1) is 12.6. The molecule has 0 atom stereocenters. The van der Waals surface area contributed by atoms with Crippen molar-refractivity contribution >= 4 is 23.4 Å². The van der Waals surface area contributed by atoms with E-state index in [1.807, 2.05) is 6.07 Å². The van der Waals surface area contributed by atoms with Crippen molar-refractivity contribution in [3.63, 3.8) is 0 Å². The fourth-order valence-electron chi connectivity index (χ4n) is 1.09. The van der Waals surface area contributed by atoms with E-state index < -0.39 is 0 Å². The van der Waals surface area contributed by atoms with Crippen LogP contribution in [0.4, 0.5) is 5.69 Å². The second-order valence-electron chi connectivity index (χ2n) is 3.02. The van der Waals surface area contributed by atoms with Crippen molar-refractivity contribution in [2.45, 2.75) is 0 Å². The summed E-state index contributed by atoms with van der Waals surface area (Å²) < 4.78 is 0. The smallest absolute Gasteiger partial charge is 0.234 e. The van der Waals surface area contributed by atoms with Gasteiger partial charge in [-0.2, -0.15) is 5.26 Å². The molecule has 0 aliphatic rings. The van der Waals surface area contributed by atoms with Crippen LogP contribution in [0.1, 0.15) is 5.56 Å². The summed E-state index contributed by atoms with van der Waals surface area (Å²) in [5.74, 6) is 0.719. The summed E-state index contributed by atoms with van der Waals surface area (Å²) in [7, 11) is 0. The highest BCUT2D eigenvalue weighted by Gasteiger charge is 2.02. The Morgan fingerprint density at radius 3 is 3.06 bits per heavy atom. The minimum Gasteiger partial charge on any atom is -0.396 e. The molecule has 5 heteroatoms. The lowest BCUT2D eigenvalue weighted by Crippen LogP contribution is -2.14. The Hall–Kier alpha value is -1.51. The highest BCUT2D eigenvalue weighted by atomic mass is 32.2. The van der Waals surface area contributed by atoms with Gasteiger partial charge in [0.2, 0.25) is 5.91 Å². The first-order chi connectivity index (χ1) is 7.76. The summed E-state index contributed by atoms with van der Waals surface area (Å²) in [6.07, 6.45) is 0. The maximum Gasteiger partial charge on any atom is 0.234 e. The van der Waals surface area contributed by atoms with E-state index in [0.29, 0.717) is 22.8 Å². The summed E-state index contributed by atoms with van der Waals surface area (Å²) in [5.41, 5.74) is 1.13. The van der Waals surface area contributed by atoms with Crippen LogP contribution in [0, 0.1) is 11.3 Å². The predicted molar refractivity (Wildman–Crippen MR) is 64.2 cm³/mol. The number of nitrogens with zero attached hydrogens (tertiary/aromatic N) is 1. The van der Waals surface area contributed by atoms with Crippen LogP contribution in [0.15, 0.2) is 24.3 Å². The van der Waals surface area contributed by atoms with E-state index in [-0.39, 0.29) is 12.5 Å². The third-order valence-electron chi connectivity index (χ3n) is 1.74. The molecule has 1 rings (SSSR count). The molecule has 1 aromatic carbocycles. The van der Waals surface area contributed by atoms with E-state index in [4.69, 9.17) is 10.4 Å². The first-order valence-corrected chi connectivity index (χ1v) is 5.90. The van der Waals surface area contributed by atoms with Gasteiger partial charge in [-0.3, -0.25) is 4.79 Å². The van der Waals surface area contributed by atoms with Crippen LogP contribution < -0.4 is 5.32 Å². The number of carbonyl (C=O) groups excluding carboxylic acids is 1. The summed E-state index contributed by atoms with van der Waals surface area (Å²) in [4.78, 5) is 11.4. The fraction of sp³-hybridized carbons (Fsp3) is 0.273. The zero-order valence-corrected chi connectivity index (χ0v) is 9.46. The number of carbonyl (C=O) groups is 1. The van der Waals surface area contributed by atoms with Crippen LogP contribution in [-0.2, 0) is 4.79 Å². The van der Waals surface area contributed by atoms with Crippen LogP contribution in [0.25, 0.3) is 0 Å².